The third-order valence-electron chi connectivity index (χ3n) is 2.83. The number of carbonyl (C=O) groups excluding carboxylic acids is 3. The lowest BCUT2D eigenvalue weighted by atomic mass is 10.3. The van der Waals surface area contributed by atoms with Gasteiger partial charge in [-0.25, -0.2) is 0 Å². The Kier molecular flexibility index (Phi) is 7.54. The first-order valence-corrected chi connectivity index (χ1v) is 5.78. The normalized spacial score (nSPS) is 14.7. The predicted molar refractivity (Wildman–Crippen MR) is 69.4 cm³/mol. The van der Waals surface area contributed by atoms with Crippen LogP contribution in [0, 0.1) is 0 Å². The summed E-state index contributed by atoms with van der Waals surface area (Å²) in [7, 11) is 3.53. The maximum absolute atomic E-state index is 11.7. The van der Waals surface area contributed by atoms with Gasteiger partial charge in [0.25, 0.3) is 0 Å². The molecule has 0 atom stereocenters. The molecule has 0 aromatic heterocycles. The number of amides is 3. The number of carbonyl (C=O) groups is 3. The molecule has 0 unspecified atom stereocenters. The molecular formula is C11H20ClN3O3. The molecule has 0 radical (unpaired) electrons. The van der Waals surface area contributed by atoms with Crippen molar-refractivity contribution in [1.82, 2.24) is 15.1 Å². The van der Waals surface area contributed by atoms with E-state index in [-0.39, 0.29) is 55.9 Å². The maximum atomic E-state index is 11.7. The Hall–Kier alpha value is -1.14. The van der Waals surface area contributed by atoms with Crippen LogP contribution in [0.4, 0.5) is 0 Å². The number of hydrogen-bond donors (Lipinski definition) is 1. The molecule has 3 amide bonds. The van der Waals surface area contributed by atoms with E-state index in [9.17, 15) is 14.4 Å². The Bertz CT molecular complexity index is 307. The Morgan fingerprint density at radius 2 is 1.89 bits per heavy atom. The zero-order chi connectivity index (χ0) is 12.8. The first kappa shape index (κ1) is 16.9. The Morgan fingerprint density at radius 1 is 1.33 bits per heavy atom. The standard InChI is InChI=1S/C11H19N3O3.ClH/c1-12-6-8-13(2)9(15)5-7-14-10(16)3-4-11(14)17;/h12H,3-8H2,1-2H3;1H. The van der Waals surface area contributed by atoms with Crippen molar-refractivity contribution >= 4 is 30.1 Å². The molecule has 0 spiro atoms. The van der Waals surface area contributed by atoms with Crippen LogP contribution in [-0.4, -0.2) is 61.3 Å². The summed E-state index contributed by atoms with van der Waals surface area (Å²) in [4.78, 5) is 37.1. The van der Waals surface area contributed by atoms with Crippen LogP contribution < -0.4 is 5.32 Å². The second-order valence-corrected chi connectivity index (χ2v) is 4.11. The lowest BCUT2D eigenvalue weighted by Gasteiger charge is -2.19. The van der Waals surface area contributed by atoms with Gasteiger partial charge >= 0.3 is 0 Å². The molecule has 104 valence electrons. The van der Waals surface area contributed by atoms with Crippen molar-refractivity contribution in [3.63, 3.8) is 0 Å². The topological polar surface area (TPSA) is 69.7 Å². The highest BCUT2D eigenvalue weighted by Gasteiger charge is 2.28. The zero-order valence-corrected chi connectivity index (χ0v) is 11.6. The predicted octanol–water partition coefficient (Wildman–Crippen LogP) is -0.375. The van der Waals surface area contributed by atoms with Gasteiger partial charge in [-0.05, 0) is 7.05 Å². The molecule has 0 aromatic rings. The van der Waals surface area contributed by atoms with Crippen LogP contribution in [-0.2, 0) is 14.4 Å². The lowest BCUT2D eigenvalue weighted by Crippen LogP contribution is -2.37. The van der Waals surface area contributed by atoms with Gasteiger partial charge in [-0.1, -0.05) is 0 Å². The zero-order valence-electron chi connectivity index (χ0n) is 10.8. The summed E-state index contributed by atoms with van der Waals surface area (Å²) in [5, 5.41) is 2.95. The number of imide groups is 1. The molecule has 1 fully saturated rings. The number of hydrogen-bond acceptors (Lipinski definition) is 4. The number of nitrogens with zero attached hydrogens (tertiary/aromatic N) is 2. The first-order valence-electron chi connectivity index (χ1n) is 5.78. The van der Waals surface area contributed by atoms with Gasteiger partial charge in [-0.3, -0.25) is 19.3 Å². The van der Waals surface area contributed by atoms with E-state index in [1.165, 1.54) is 4.90 Å². The van der Waals surface area contributed by atoms with E-state index in [4.69, 9.17) is 0 Å². The molecule has 1 rings (SSSR count). The molecule has 0 saturated carbocycles. The van der Waals surface area contributed by atoms with Crippen LogP contribution in [0.2, 0.25) is 0 Å². The van der Waals surface area contributed by atoms with E-state index in [2.05, 4.69) is 5.32 Å². The number of likely N-dealkylation sites (N-methyl/N-ethyl adjacent to an activating group) is 2. The molecule has 6 nitrogen and oxygen atoms in total. The summed E-state index contributed by atoms with van der Waals surface area (Å²) in [6.45, 7) is 1.56. The average Bonchev–Trinajstić information content (AvgIpc) is 2.63. The first-order chi connectivity index (χ1) is 8.06. The van der Waals surface area contributed by atoms with Crippen LogP contribution in [0.5, 0.6) is 0 Å². The Morgan fingerprint density at radius 3 is 2.39 bits per heavy atom. The van der Waals surface area contributed by atoms with E-state index in [0.717, 1.165) is 6.54 Å². The van der Waals surface area contributed by atoms with Gasteiger partial charge in [0.2, 0.25) is 17.7 Å². The summed E-state index contributed by atoms with van der Waals surface area (Å²) in [6, 6.07) is 0. The minimum absolute atomic E-state index is 0. The molecular weight excluding hydrogens is 258 g/mol. The number of likely N-dealkylation sites (tertiary alicyclic amines) is 1. The highest BCUT2D eigenvalue weighted by molar-refractivity contribution is 6.02. The van der Waals surface area contributed by atoms with E-state index < -0.39 is 0 Å². The van der Waals surface area contributed by atoms with Gasteiger partial charge in [-0.15, -0.1) is 12.4 Å². The molecule has 7 heteroatoms. The van der Waals surface area contributed by atoms with Gasteiger partial charge in [0.15, 0.2) is 0 Å². The number of halogens is 1. The smallest absolute Gasteiger partial charge is 0.229 e. The third kappa shape index (κ3) is 4.62. The van der Waals surface area contributed by atoms with Crippen LogP contribution in [0.15, 0.2) is 0 Å². The van der Waals surface area contributed by atoms with Crippen molar-refractivity contribution in [2.45, 2.75) is 19.3 Å². The van der Waals surface area contributed by atoms with Gasteiger partial charge in [0.1, 0.15) is 0 Å². The fraction of sp³-hybridized carbons (Fsp3) is 0.727. The molecule has 1 heterocycles. The highest BCUT2D eigenvalue weighted by atomic mass is 35.5. The molecule has 1 N–H and O–H groups in total. The summed E-state index contributed by atoms with van der Waals surface area (Å²) < 4.78 is 0. The second-order valence-electron chi connectivity index (χ2n) is 4.11. The van der Waals surface area contributed by atoms with E-state index in [1.54, 1.807) is 11.9 Å². The quantitative estimate of drug-likeness (QED) is 0.673. The number of nitrogens with one attached hydrogen (secondary N) is 1. The third-order valence-corrected chi connectivity index (χ3v) is 2.83. The number of rotatable bonds is 6. The van der Waals surface area contributed by atoms with E-state index >= 15 is 0 Å². The fourth-order valence-electron chi connectivity index (χ4n) is 1.67. The molecule has 0 aromatic carbocycles. The highest BCUT2D eigenvalue weighted by Crippen LogP contribution is 2.12. The SMILES string of the molecule is CNCCN(C)C(=O)CCN1C(=O)CCC1=O.Cl. The summed E-state index contributed by atoms with van der Waals surface area (Å²) in [5.41, 5.74) is 0. The minimum atomic E-state index is -0.166. The van der Waals surface area contributed by atoms with Crippen LogP contribution in [0.25, 0.3) is 0 Å². The minimum Gasteiger partial charge on any atom is -0.344 e. The summed E-state index contributed by atoms with van der Waals surface area (Å²) in [5.74, 6) is -0.380. The van der Waals surface area contributed by atoms with Crippen molar-refractivity contribution < 1.29 is 14.4 Å². The van der Waals surface area contributed by atoms with Crippen molar-refractivity contribution in [2.24, 2.45) is 0 Å². The van der Waals surface area contributed by atoms with E-state index in [0.29, 0.717) is 6.54 Å². The van der Waals surface area contributed by atoms with Gasteiger partial charge in [0, 0.05) is 45.9 Å². The molecule has 1 saturated heterocycles. The average molecular weight is 278 g/mol. The summed E-state index contributed by atoms with van der Waals surface area (Å²) >= 11 is 0. The Labute approximate surface area is 113 Å². The van der Waals surface area contributed by atoms with Crippen molar-refractivity contribution in [3.05, 3.63) is 0 Å². The van der Waals surface area contributed by atoms with Crippen LogP contribution in [0.1, 0.15) is 19.3 Å². The molecule has 1 aliphatic rings. The van der Waals surface area contributed by atoms with Crippen molar-refractivity contribution in [3.8, 4) is 0 Å². The largest absolute Gasteiger partial charge is 0.344 e. The molecule has 1 aliphatic heterocycles. The van der Waals surface area contributed by atoms with Gasteiger partial charge in [-0.2, -0.15) is 0 Å². The van der Waals surface area contributed by atoms with Gasteiger partial charge < -0.3 is 10.2 Å². The second kappa shape index (κ2) is 8.05. The van der Waals surface area contributed by atoms with Crippen molar-refractivity contribution in [2.75, 3.05) is 33.7 Å². The van der Waals surface area contributed by atoms with Crippen LogP contribution in [0.3, 0.4) is 0 Å². The lowest BCUT2D eigenvalue weighted by molar-refractivity contribution is -0.139. The fourth-order valence-corrected chi connectivity index (χ4v) is 1.67. The Balaban J connectivity index is 0.00000289. The molecule has 0 bridgehead atoms. The molecule has 0 aliphatic carbocycles. The summed E-state index contributed by atoms with van der Waals surface area (Å²) in [6.07, 6.45) is 0.767. The van der Waals surface area contributed by atoms with Crippen molar-refractivity contribution in [1.29, 1.82) is 0 Å². The monoisotopic (exact) mass is 277 g/mol. The van der Waals surface area contributed by atoms with E-state index in [1.807, 2.05) is 7.05 Å². The van der Waals surface area contributed by atoms with Gasteiger partial charge in [0.05, 0.1) is 0 Å². The molecule has 18 heavy (non-hydrogen) atoms. The van der Waals surface area contributed by atoms with Crippen LogP contribution >= 0.6 is 12.4 Å². The maximum Gasteiger partial charge on any atom is 0.229 e.